The average Bonchev–Trinajstić information content (AvgIpc) is 3.08. The van der Waals surface area contributed by atoms with E-state index >= 15 is 0 Å². The second-order valence-electron chi connectivity index (χ2n) is 6.24. The van der Waals surface area contributed by atoms with Gasteiger partial charge in [-0.1, -0.05) is 55.8 Å². The number of hydrogen-bond donors (Lipinski definition) is 3. The molecule has 1 aromatic carbocycles. The summed E-state index contributed by atoms with van der Waals surface area (Å²) in [6.07, 6.45) is 0.865. The highest BCUT2D eigenvalue weighted by molar-refractivity contribution is 5.74. The van der Waals surface area contributed by atoms with Crippen molar-refractivity contribution in [3.63, 3.8) is 0 Å². The molecule has 0 saturated heterocycles. The molecule has 0 aliphatic carbocycles. The molecule has 3 unspecified atom stereocenters. The summed E-state index contributed by atoms with van der Waals surface area (Å²) >= 11 is 0. The fourth-order valence-electron chi connectivity index (χ4n) is 2.27. The zero-order chi connectivity index (χ0) is 18.2. The molecule has 0 spiro atoms. The van der Waals surface area contributed by atoms with Crippen molar-refractivity contribution in [2.45, 2.75) is 45.8 Å². The van der Waals surface area contributed by atoms with E-state index in [4.69, 9.17) is 4.52 Å². The van der Waals surface area contributed by atoms with Gasteiger partial charge in [0.2, 0.25) is 5.89 Å². The molecular weight excluding hydrogens is 320 g/mol. The number of carbonyl (C=O) groups is 1. The fourth-order valence-corrected chi connectivity index (χ4v) is 2.27. The molecule has 0 aliphatic heterocycles. The predicted octanol–water partition coefficient (Wildman–Crippen LogP) is 2.43. The molecule has 0 fully saturated rings. The van der Waals surface area contributed by atoms with Crippen molar-refractivity contribution in [1.82, 2.24) is 20.8 Å². The second kappa shape index (κ2) is 9.17. The van der Waals surface area contributed by atoms with E-state index in [1.807, 2.05) is 44.2 Å². The lowest BCUT2D eigenvalue weighted by molar-refractivity contribution is 0.114. The van der Waals surface area contributed by atoms with Gasteiger partial charge in [-0.3, -0.25) is 0 Å². The molecule has 2 rings (SSSR count). The molecule has 0 aliphatic rings. The van der Waals surface area contributed by atoms with Crippen LogP contribution in [0.1, 0.15) is 50.5 Å². The number of nitrogens with one attached hydrogen (secondary N) is 2. The molecule has 3 atom stereocenters. The topological polar surface area (TPSA) is 100 Å². The van der Waals surface area contributed by atoms with Gasteiger partial charge in [0.05, 0.1) is 6.10 Å². The van der Waals surface area contributed by atoms with Gasteiger partial charge in [0.25, 0.3) is 0 Å². The number of benzene rings is 1. The Morgan fingerprint density at radius 2 is 2.00 bits per heavy atom. The number of rotatable bonds is 8. The number of urea groups is 1. The van der Waals surface area contributed by atoms with Gasteiger partial charge in [0.15, 0.2) is 5.82 Å². The summed E-state index contributed by atoms with van der Waals surface area (Å²) in [6, 6.07) is 9.06. The van der Waals surface area contributed by atoms with Crippen LogP contribution in [0.25, 0.3) is 0 Å². The Morgan fingerprint density at radius 1 is 1.28 bits per heavy atom. The molecule has 7 heteroatoms. The summed E-state index contributed by atoms with van der Waals surface area (Å²) < 4.78 is 5.23. The number of carbonyl (C=O) groups excluding carboxylic acids is 1. The molecule has 2 aromatic rings. The first kappa shape index (κ1) is 18.9. The van der Waals surface area contributed by atoms with Crippen LogP contribution >= 0.6 is 0 Å². The summed E-state index contributed by atoms with van der Waals surface area (Å²) in [5.41, 5.74) is 1.09. The summed E-state index contributed by atoms with van der Waals surface area (Å²) in [6.45, 7) is 5.92. The molecule has 0 radical (unpaired) electrons. The lowest BCUT2D eigenvalue weighted by Gasteiger charge is -2.18. The number of nitrogens with zero attached hydrogens (tertiary/aromatic N) is 2. The first-order valence-electron chi connectivity index (χ1n) is 8.58. The Morgan fingerprint density at radius 3 is 2.68 bits per heavy atom. The minimum atomic E-state index is -0.563. The Labute approximate surface area is 147 Å². The summed E-state index contributed by atoms with van der Waals surface area (Å²) in [4.78, 5) is 16.2. The molecule has 25 heavy (non-hydrogen) atoms. The Bertz CT molecular complexity index is 659. The van der Waals surface area contributed by atoms with E-state index in [-0.39, 0.29) is 18.5 Å². The summed E-state index contributed by atoms with van der Waals surface area (Å²) in [5.74, 6) is 1.06. The van der Waals surface area contributed by atoms with Gasteiger partial charge in [0, 0.05) is 13.0 Å². The van der Waals surface area contributed by atoms with Gasteiger partial charge in [-0.15, -0.1) is 0 Å². The van der Waals surface area contributed by atoms with E-state index in [0.717, 1.165) is 12.0 Å². The highest BCUT2D eigenvalue weighted by Gasteiger charge is 2.18. The van der Waals surface area contributed by atoms with Gasteiger partial charge in [-0.05, 0) is 18.4 Å². The average molecular weight is 346 g/mol. The van der Waals surface area contributed by atoms with E-state index in [1.54, 1.807) is 6.92 Å². The predicted molar refractivity (Wildman–Crippen MR) is 94.0 cm³/mol. The summed E-state index contributed by atoms with van der Waals surface area (Å²) in [5, 5.41) is 19.2. The third-order valence-electron chi connectivity index (χ3n) is 4.18. The quantitative estimate of drug-likeness (QED) is 0.681. The highest BCUT2D eigenvalue weighted by atomic mass is 16.5. The van der Waals surface area contributed by atoms with Crippen LogP contribution in [0.2, 0.25) is 0 Å². The van der Waals surface area contributed by atoms with Gasteiger partial charge >= 0.3 is 6.03 Å². The lowest BCUT2D eigenvalue weighted by atomic mass is 10.0. The van der Waals surface area contributed by atoms with Crippen molar-refractivity contribution >= 4 is 6.03 Å². The van der Waals surface area contributed by atoms with Crippen molar-refractivity contribution in [2.75, 3.05) is 6.54 Å². The standard InChI is InChI=1S/C18H26N4O3/c1-4-12(2)15(23)11-19-18(24)20-13(3)17-21-16(22-25-17)10-14-8-6-5-7-9-14/h5-9,12-13,15,23H,4,10-11H2,1-3H3,(H2,19,20,24). The zero-order valence-corrected chi connectivity index (χ0v) is 14.9. The molecule has 1 aromatic heterocycles. The van der Waals surface area contributed by atoms with Gasteiger partial charge < -0.3 is 20.3 Å². The normalized spacial score (nSPS) is 14.6. The third-order valence-corrected chi connectivity index (χ3v) is 4.18. The van der Waals surface area contributed by atoms with Crippen molar-refractivity contribution in [3.05, 3.63) is 47.6 Å². The smallest absolute Gasteiger partial charge is 0.315 e. The Kier molecular flexibility index (Phi) is 6.94. The van der Waals surface area contributed by atoms with Gasteiger partial charge in [0.1, 0.15) is 6.04 Å². The number of aliphatic hydroxyl groups excluding tert-OH is 1. The molecular formula is C18H26N4O3. The first-order chi connectivity index (χ1) is 12.0. The minimum Gasteiger partial charge on any atom is -0.391 e. The monoisotopic (exact) mass is 346 g/mol. The number of hydrogen-bond acceptors (Lipinski definition) is 5. The van der Waals surface area contributed by atoms with Crippen LogP contribution < -0.4 is 10.6 Å². The summed E-state index contributed by atoms with van der Waals surface area (Å²) in [7, 11) is 0. The maximum absolute atomic E-state index is 11.9. The fraction of sp³-hybridized carbons (Fsp3) is 0.500. The van der Waals surface area contributed by atoms with Crippen LogP contribution in [0.15, 0.2) is 34.9 Å². The van der Waals surface area contributed by atoms with Crippen LogP contribution in [0.3, 0.4) is 0 Å². The molecule has 7 nitrogen and oxygen atoms in total. The first-order valence-corrected chi connectivity index (χ1v) is 8.58. The largest absolute Gasteiger partial charge is 0.391 e. The maximum atomic E-state index is 11.9. The van der Waals surface area contributed by atoms with Gasteiger partial charge in [-0.2, -0.15) is 4.98 Å². The number of aromatic nitrogens is 2. The lowest BCUT2D eigenvalue weighted by Crippen LogP contribution is -2.42. The van der Waals surface area contributed by atoms with Crippen molar-refractivity contribution in [2.24, 2.45) is 5.92 Å². The SMILES string of the molecule is CCC(C)C(O)CNC(=O)NC(C)c1nc(Cc2ccccc2)no1. The molecule has 2 amide bonds. The molecule has 1 heterocycles. The number of aliphatic hydroxyl groups is 1. The Hall–Kier alpha value is -2.41. The highest BCUT2D eigenvalue weighted by Crippen LogP contribution is 2.12. The van der Waals surface area contributed by atoms with Crippen LogP contribution in [0.5, 0.6) is 0 Å². The minimum absolute atomic E-state index is 0.134. The van der Waals surface area contributed by atoms with E-state index in [2.05, 4.69) is 20.8 Å². The Balaban J connectivity index is 1.82. The molecule has 0 saturated carbocycles. The third kappa shape index (κ3) is 5.86. The van der Waals surface area contributed by atoms with Crippen molar-refractivity contribution in [1.29, 1.82) is 0 Å². The van der Waals surface area contributed by atoms with Crippen LogP contribution in [0, 0.1) is 5.92 Å². The van der Waals surface area contributed by atoms with E-state index in [9.17, 15) is 9.90 Å². The maximum Gasteiger partial charge on any atom is 0.315 e. The number of amides is 2. The van der Waals surface area contributed by atoms with Crippen LogP contribution in [0.4, 0.5) is 4.79 Å². The van der Waals surface area contributed by atoms with E-state index < -0.39 is 12.1 Å². The van der Waals surface area contributed by atoms with Crippen LogP contribution in [-0.2, 0) is 6.42 Å². The van der Waals surface area contributed by atoms with Gasteiger partial charge in [-0.25, -0.2) is 4.79 Å². The van der Waals surface area contributed by atoms with Crippen LogP contribution in [-0.4, -0.2) is 33.9 Å². The molecule has 0 bridgehead atoms. The molecule has 3 N–H and O–H groups in total. The zero-order valence-electron chi connectivity index (χ0n) is 14.9. The molecule has 136 valence electrons. The van der Waals surface area contributed by atoms with Crippen molar-refractivity contribution < 1.29 is 14.4 Å². The van der Waals surface area contributed by atoms with E-state index in [1.165, 1.54) is 0 Å². The van der Waals surface area contributed by atoms with E-state index in [0.29, 0.717) is 18.1 Å². The van der Waals surface area contributed by atoms with Crippen molar-refractivity contribution in [3.8, 4) is 0 Å². The second-order valence-corrected chi connectivity index (χ2v) is 6.24.